The first-order valence-corrected chi connectivity index (χ1v) is 9.95. The highest BCUT2D eigenvalue weighted by molar-refractivity contribution is 6.31. The molecule has 1 unspecified atom stereocenters. The summed E-state index contributed by atoms with van der Waals surface area (Å²) in [6.45, 7) is 2.62. The van der Waals surface area contributed by atoms with Gasteiger partial charge in [0.2, 0.25) is 5.91 Å². The van der Waals surface area contributed by atoms with Gasteiger partial charge in [-0.25, -0.2) is 0 Å². The molecule has 1 atom stereocenters. The van der Waals surface area contributed by atoms with Crippen molar-refractivity contribution in [3.05, 3.63) is 51.8 Å². The molecule has 2 amide bonds. The summed E-state index contributed by atoms with van der Waals surface area (Å²) >= 11 is 6.14. The Bertz CT molecular complexity index is 876. The van der Waals surface area contributed by atoms with E-state index in [0.717, 1.165) is 36.3 Å². The van der Waals surface area contributed by atoms with Gasteiger partial charge in [-0.3, -0.25) is 14.7 Å². The highest BCUT2D eigenvalue weighted by Crippen LogP contribution is 2.24. The molecule has 2 aromatic rings. The second kappa shape index (κ2) is 8.32. The largest absolute Gasteiger partial charge is 0.381 e. The van der Waals surface area contributed by atoms with Crippen LogP contribution in [0.2, 0.25) is 5.02 Å². The molecule has 1 aromatic heterocycles. The first-order valence-electron chi connectivity index (χ1n) is 9.57. The van der Waals surface area contributed by atoms with E-state index in [4.69, 9.17) is 16.3 Å². The Labute approximate surface area is 168 Å². The first kappa shape index (κ1) is 19.0. The number of hydrogen-bond donors (Lipinski definition) is 2. The zero-order valence-corrected chi connectivity index (χ0v) is 16.3. The van der Waals surface area contributed by atoms with E-state index in [9.17, 15) is 9.59 Å². The fourth-order valence-electron chi connectivity index (χ4n) is 3.79. The standard InChI is InChI=1S/C20H23ClN4O3/c21-16-6-2-1-4-13(16)10-22-19(26)18-15-7-8-25(11-17(15)23-24-18)20(27)14-5-3-9-28-12-14/h1-2,4,6,14H,3,5,7-12H2,(H,22,26)(H,23,24). The fraction of sp³-hybridized carbons (Fsp3) is 0.450. The Morgan fingerprint density at radius 1 is 1.36 bits per heavy atom. The van der Waals surface area contributed by atoms with Crippen molar-refractivity contribution in [2.75, 3.05) is 19.8 Å². The van der Waals surface area contributed by atoms with Gasteiger partial charge in [0.05, 0.1) is 24.8 Å². The number of amides is 2. The van der Waals surface area contributed by atoms with Crippen molar-refractivity contribution < 1.29 is 14.3 Å². The second-order valence-electron chi connectivity index (χ2n) is 7.23. The van der Waals surface area contributed by atoms with E-state index in [1.807, 2.05) is 23.1 Å². The Morgan fingerprint density at radius 2 is 2.21 bits per heavy atom. The number of carbonyl (C=O) groups excluding carboxylic acids is 2. The highest BCUT2D eigenvalue weighted by atomic mass is 35.5. The molecule has 148 valence electrons. The van der Waals surface area contributed by atoms with E-state index in [1.54, 1.807) is 6.07 Å². The number of nitrogens with zero attached hydrogens (tertiary/aromatic N) is 2. The normalized spacial score (nSPS) is 19.2. The van der Waals surface area contributed by atoms with Crippen molar-refractivity contribution in [1.29, 1.82) is 0 Å². The molecule has 8 heteroatoms. The zero-order valence-electron chi connectivity index (χ0n) is 15.5. The number of H-pyrrole nitrogens is 1. The molecule has 4 rings (SSSR count). The summed E-state index contributed by atoms with van der Waals surface area (Å²) in [6.07, 6.45) is 2.41. The van der Waals surface area contributed by atoms with Crippen LogP contribution in [0.5, 0.6) is 0 Å². The maximum Gasteiger partial charge on any atom is 0.272 e. The smallest absolute Gasteiger partial charge is 0.272 e. The maximum absolute atomic E-state index is 12.7. The first-order chi connectivity index (χ1) is 13.6. The van der Waals surface area contributed by atoms with Crippen molar-refractivity contribution in [1.82, 2.24) is 20.4 Å². The average Bonchev–Trinajstić information content (AvgIpc) is 3.16. The molecule has 3 heterocycles. The SMILES string of the molecule is O=C(NCc1ccccc1Cl)c1n[nH]c2c1CCN(C(=O)C1CCCOC1)C2. The molecule has 1 aromatic carbocycles. The molecule has 0 bridgehead atoms. The number of aromatic nitrogens is 2. The van der Waals surface area contributed by atoms with Gasteiger partial charge in [0.1, 0.15) is 0 Å². The van der Waals surface area contributed by atoms with Crippen LogP contribution in [-0.4, -0.2) is 46.7 Å². The van der Waals surface area contributed by atoms with Crippen LogP contribution in [0.4, 0.5) is 0 Å². The molecular formula is C20H23ClN4O3. The quantitative estimate of drug-likeness (QED) is 0.821. The molecule has 2 aliphatic heterocycles. The van der Waals surface area contributed by atoms with E-state index in [-0.39, 0.29) is 17.7 Å². The lowest BCUT2D eigenvalue weighted by Crippen LogP contribution is -2.42. The van der Waals surface area contributed by atoms with Crippen LogP contribution in [0, 0.1) is 5.92 Å². The fourth-order valence-corrected chi connectivity index (χ4v) is 3.99. The lowest BCUT2D eigenvalue weighted by molar-refractivity contribution is -0.140. The lowest BCUT2D eigenvalue weighted by atomic mass is 9.98. The van der Waals surface area contributed by atoms with Gasteiger partial charge in [-0.2, -0.15) is 5.10 Å². The van der Waals surface area contributed by atoms with Crippen LogP contribution in [0.3, 0.4) is 0 Å². The molecule has 7 nitrogen and oxygen atoms in total. The zero-order chi connectivity index (χ0) is 19.5. The number of carbonyl (C=O) groups is 2. The maximum atomic E-state index is 12.7. The summed E-state index contributed by atoms with van der Waals surface area (Å²) in [5.74, 6) is -0.167. The van der Waals surface area contributed by atoms with Gasteiger partial charge < -0.3 is 15.0 Å². The van der Waals surface area contributed by atoms with Crippen LogP contribution < -0.4 is 5.32 Å². The minimum absolute atomic E-state index is 0.0587. The Morgan fingerprint density at radius 3 is 3.00 bits per heavy atom. The molecule has 0 radical (unpaired) electrons. The van der Waals surface area contributed by atoms with Gasteiger partial charge in [-0.1, -0.05) is 29.8 Å². The predicted octanol–water partition coefficient (Wildman–Crippen LogP) is 2.30. The number of ether oxygens (including phenoxy) is 1. The van der Waals surface area contributed by atoms with E-state index >= 15 is 0 Å². The van der Waals surface area contributed by atoms with Crippen molar-refractivity contribution in [2.24, 2.45) is 5.92 Å². The number of hydrogen-bond acceptors (Lipinski definition) is 4. The summed E-state index contributed by atoms with van der Waals surface area (Å²) in [6, 6.07) is 7.40. The number of fused-ring (bicyclic) bond motifs is 1. The van der Waals surface area contributed by atoms with Crippen LogP contribution in [-0.2, 0) is 29.0 Å². The Balaban J connectivity index is 1.40. The van der Waals surface area contributed by atoms with Crippen molar-refractivity contribution in [2.45, 2.75) is 32.4 Å². The summed E-state index contributed by atoms with van der Waals surface area (Å²) in [7, 11) is 0. The molecule has 2 aliphatic rings. The van der Waals surface area contributed by atoms with Crippen LogP contribution >= 0.6 is 11.6 Å². The van der Waals surface area contributed by atoms with Crippen molar-refractivity contribution in [3.8, 4) is 0 Å². The minimum Gasteiger partial charge on any atom is -0.381 e. The number of benzene rings is 1. The lowest BCUT2D eigenvalue weighted by Gasteiger charge is -2.31. The topological polar surface area (TPSA) is 87.3 Å². The van der Waals surface area contributed by atoms with Gasteiger partial charge >= 0.3 is 0 Å². The number of aromatic amines is 1. The molecule has 0 aliphatic carbocycles. The van der Waals surface area contributed by atoms with Crippen molar-refractivity contribution >= 4 is 23.4 Å². The van der Waals surface area contributed by atoms with Crippen LogP contribution in [0.25, 0.3) is 0 Å². The molecule has 2 N–H and O–H groups in total. The average molecular weight is 403 g/mol. The van der Waals surface area contributed by atoms with Gasteiger partial charge in [0.15, 0.2) is 5.69 Å². The molecule has 1 saturated heterocycles. The van der Waals surface area contributed by atoms with Gasteiger partial charge in [-0.05, 0) is 30.9 Å². The molecule has 0 saturated carbocycles. The van der Waals surface area contributed by atoms with Crippen LogP contribution in [0.15, 0.2) is 24.3 Å². The van der Waals surface area contributed by atoms with Gasteiger partial charge in [-0.15, -0.1) is 0 Å². The van der Waals surface area contributed by atoms with E-state index in [0.29, 0.717) is 43.4 Å². The second-order valence-corrected chi connectivity index (χ2v) is 7.63. The number of nitrogens with one attached hydrogen (secondary N) is 2. The summed E-state index contributed by atoms with van der Waals surface area (Å²) in [5, 5.41) is 10.6. The van der Waals surface area contributed by atoms with Crippen LogP contribution in [0.1, 0.15) is 40.2 Å². The number of rotatable bonds is 4. The van der Waals surface area contributed by atoms with E-state index in [1.165, 1.54) is 0 Å². The summed E-state index contributed by atoms with van der Waals surface area (Å²) in [5.41, 5.74) is 2.98. The Kier molecular flexibility index (Phi) is 5.64. The highest BCUT2D eigenvalue weighted by Gasteiger charge is 2.31. The molecule has 0 spiro atoms. The third-order valence-corrected chi connectivity index (χ3v) is 5.74. The summed E-state index contributed by atoms with van der Waals surface area (Å²) in [4.78, 5) is 27.1. The summed E-state index contributed by atoms with van der Waals surface area (Å²) < 4.78 is 5.44. The molecule has 1 fully saturated rings. The third-order valence-electron chi connectivity index (χ3n) is 5.37. The number of halogens is 1. The predicted molar refractivity (Wildman–Crippen MR) is 104 cm³/mol. The minimum atomic E-state index is -0.238. The van der Waals surface area contributed by atoms with E-state index in [2.05, 4.69) is 15.5 Å². The van der Waals surface area contributed by atoms with Gasteiger partial charge in [0, 0.05) is 30.3 Å². The molecular weight excluding hydrogens is 380 g/mol. The monoisotopic (exact) mass is 402 g/mol. The van der Waals surface area contributed by atoms with Gasteiger partial charge in [0.25, 0.3) is 5.91 Å². The third kappa shape index (κ3) is 3.91. The Hall–Kier alpha value is -2.38. The van der Waals surface area contributed by atoms with E-state index < -0.39 is 0 Å². The molecule has 28 heavy (non-hydrogen) atoms. The van der Waals surface area contributed by atoms with Crippen molar-refractivity contribution in [3.63, 3.8) is 0 Å².